The fraction of sp³-hybridized carbons (Fsp3) is 0.571. The van der Waals surface area contributed by atoms with Gasteiger partial charge in [-0.3, -0.25) is 0 Å². The number of nitrogens with zero attached hydrogens (tertiary/aromatic N) is 2. The van der Waals surface area contributed by atoms with Crippen molar-refractivity contribution in [3.8, 4) is 0 Å². The Hall–Kier alpha value is -1.03. The van der Waals surface area contributed by atoms with E-state index in [4.69, 9.17) is 10.5 Å². The summed E-state index contributed by atoms with van der Waals surface area (Å²) < 4.78 is 7.01. The van der Waals surface area contributed by atoms with Crippen LogP contribution in [0.4, 0.5) is 5.95 Å². The summed E-state index contributed by atoms with van der Waals surface area (Å²) in [5.74, 6) is 0.528. The lowest BCUT2D eigenvalue weighted by Gasteiger charge is -2.02. The number of imidazole rings is 1. The topological polar surface area (TPSA) is 53.1 Å². The fourth-order valence-electron chi connectivity index (χ4n) is 0.802. The molecule has 0 aliphatic rings. The molecule has 1 rings (SSSR count). The summed E-state index contributed by atoms with van der Waals surface area (Å²) >= 11 is 0. The van der Waals surface area contributed by atoms with Crippen LogP contribution in [0, 0.1) is 0 Å². The van der Waals surface area contributed by atoms with Gasteiger partial charge in [0.15, 0.2) is 5.95 Å². The van der Waals surface area contributed by atoms with E-state index in [9.17, 15) is 0 Å². The van der Waals surface area contributed by atoms with Crippen LogP contribution in [-0.4, -0.2) is 16.2 Å². The summed E-state index contributed by atoms with van der Waals surface area (Å²) in [5, 5.41) is 0. The number of nitrogens with two attached hydrogens (primary N) is 1. The molecule has 0 unspecified atom stereocenters. The van der Waals surface area contributed by atoms with Gasteiger partial charge in [-0.2, -0.15) is 0 Å². The summed E-state index contributed by atoms with van der Waals surface area (Å²) in [6, 6.07) is 0. The smallest absolute Gasteiger partial charge is 0.200 e. The highest BCUT2D eigenvalue weighted by Crippen LogP contribution is 2.04. The molecule has 0 radical (unpaired) electrons. The molecule has 1 aromatic rings. The zero-order valence-electron chi connectivity index (χ0n) is 6.87. The summed E-state index contributed by atoms with van der Waals surface area (Å²) in [6.45, 7) is 3.25. The molecular formula is C7H13N3O. The van der Waals surface area contributed by atoms with E-state index in [2.05, 4.69) is 4.98 Å². The maximum absolute atomic E-state index is 5.51. The molecule has 4 nitrogen and oxygen atoms in total. The second-order valence-corrected chi connectivity index (χ2v) is 2.30. The number of anilines is 1. The highest BCUT2D eigenvalue weighted by Gasteiger charge is 2.01. The molecule has 0 bridgehead atoms. The van der Waals surface area contributed by atoms with Crippen LogP contribution in [-0.2, 0) is 18.4 Å². The lowest BCUT2D eigenvalue weighted by Crippen LogP contribution is -2.02. The Labute approximate surface area is 66.0 Å². The van der Waals surface area contributed by atoms with Crippen molar-refractivity contribution in [1.82, 2.24) is 9.55 Å². The Balaban J connectivity index is 2.63. The summed E-state index contributed by atoms with van der Waals surface area (Å²) in [4.78, 5) is 3.93. The molecule has 0 aromatic carbocycles. The number of aromatic nitrogens is 2. The molecule has 0 spiro atoms. The van der Waals surface area contributed by atoms with Crippen molar-refractivity contribution in [3.63, 3.8) is 0 Å². The maximum atomic E-state index is 5.51. The fourth-order valence-corrected chi connectivity index (χ4v) is 0.802. The van der Waals surface area contributed by atoms with Crippen molar-refractivity contribution in [2.45, 2.75) is 13.5 Å². The largest absolute Gasteiger partial charge is 0.375 e. The highest BCUT2D eigenvalue weighted by molar-refractivity contribution is 5.21. The normalized spacial score (nSPS) is 10.4. The first-order valence-corrected chi connectivity index (χ1v) is 3.59. The van der Waals surface area contributed by atoms with Crippen LogP contribution in [0.15, 0.2) is 6.20 Å². The van der Waals surface area contributed by atoms with Crippen molar-refractivity contribution in [3.05, 3.63) is 11.9 Å². The molecule has 0 aliphatic carbocycles. The second-order valence-electron chi connectivity index (χ2n) is 2.30. The Morgan fingerprint density at radius 2 is 2.45 bits per heavy atom. The predicted octanol–water partition coefficient (Wildman–Crippen LogP) is 0.539. The number of nitrogen functional groups attached to an aromatic ring is 1. The monoisotopic (exact) mass is 155 g/mol. The molecule has 0 saturated carbocycles. The molecule has 0 atom stereocenters. The molecule has 2 N–H and O–H groups in total. The van der Waals surface area contributed by atoms with Crippen LogP contribution in [0.2, 0.25) is 0 Å². The Bertz CT molecular complexity index is 232. The minimum absolute atomic E-state index is 0.528. The van der Waals surface area contributed by atoms with Crippen molar-refractivity contribution >= 4 is 5.95 Å². The summed E-state index contributed by atoms with van der Waals surface area (Å²) in [7, 11) is 1.87. The van der Waals surface area contributed by atoms with E-state index in [0.717, 1.165) is 5.69 Å². The number of ether oxygens (including phenoxy) is 1. The number of rotatable bonds is 3. The van der Waals surface area contributed by atoms with Crippen molar-refractivity contribution in [2.24, 2.45) is 7.05 Å². The van der Waals surface area contributed by atoms with Crippen LogP contribution in [0.3, 0.4) is 0 Å². The van der Waals surface area contributed by atoms with Crippen LogP contribution in [0.5, 0.6) is 0 Å². The van der Waals surface area contributed by atoms with Crippen molar-refractivity contribution in [1.29, 1.82) is 0 Å². The molecule has 1 aromatic heterocycles. The van der Waals surface area contributed by atoms with Gasteiger partial charge in [0.2, 0.25) is 0 Å². The van der Waals surface area contributed by atoms with E-state index in [-0.39, 0.29) is 0 Å². The Kier molecular flexibility index (Phi) is 2.48. The minimum atomic E-state index is 0.528. The van der Waals surface area contributed by atoms with Crippen LogP contribution in [0.1, 0.15) is 12.6 Å². The standard InChI is InChI=1S/C7H13N3O/c1-3-11-5-6-4-9-7(8)10(6)2/h4H,3,5H2,1-2H3,(H2,8,9). The SMILES string of the molecule is CCOCc1cnc(N)n1C. The van der Waals surface area contributed by atoms with Crippen molar-refractivity contribution in [2.75, 3.05) is 12.3 Å². The summed E-state index contributed by atoms with van der Waals surface area (Å²) in [6.07, 6.45) is 1.73. The van der Waals surface area contributed by atoms with Gasteiger partial charge in [-0.1, -0.05) is 0 Å². The molecule has 0 aliphatic heterocycles. The molecule has 0 fully saturated rings. The molecule has 0 saturated heterocycles. The van der Waals surface area contributed by atoms with Gasteiger partial charge in [0.05, 0.1) is 18.5 Å². The quantitative estimate of drug-likeness (QED) is 0.693. The van der Waals surface area contributed by atoms with E-state index in [1.807, 2.05) is 18.5 Å². The number of hydrogen-bond donors (Lipinski definition) is 1. The molecular weight excluding hydrogens is 142 g/mol. The first-order valence-electron chi connectivity index (χ1n) is 3.59. The third-order valence-electron chi connectivity index (χ3n) is 1.57. The Morgan fingerprint density at radius 1 is 1.73 bits per heavy atom. The van der Waals surface area contributed by atoms with Crippen LogP contribution in [0.25, 0.3) is 0 Å². The van der Waals surface area contributed by atoms with Crippen LogP contribution >= 0.6 is 0 Å². The van der Waals surface area contributed by atoms with Crippen LogP contribution < -0.4 is 5.73 Å². The van der Waals surface area contributed by atoms with Gasteiger partial charge in [0.25, 0.3) is 0 Å². The lowest BCUT2D eigenvalue weighted by atomic mass is 10.5. The highest BCUT2D eigenvalue weighted by atomic mass is 16.5. The summed E-state index contributed by atoms with van der Waals surface area (Å²) in [5.41, 5.74) is 6.51. The first kappa shape index (κ1) is 8.07. The van der Waals surface area contributed by atoms with Gasteiger partial charge in [0, 0.05) is 13.7 Å². The zero-order chi connectivity index (χ0) is 8.27. The third-order valence-corrected chi connectivity index (χ3v) is 1.57. The lowest BCUT2D eigenvalue weighted by molar-refractivity contribution is 0.129. The Morgan fingerprint density at radius 3 is 2.91 bits per heavy atom. The minimum Gasteiger partial charge on any atom is -0.375 e. The first-order chi connectivity index (χ1) is 5.25. The van der Waals surface area contributed by atoms with Crippen molar-refractivity contribution < 1.29 is 4.74 Å². The second kappa shape index (κ2) is 3.39. The predicted molar refractivity (Wildman–Crippen MR) is 43.0 cm³/mol. The third kappa shape index (κ3) is 1.71. The zero-order valence-corrected chi connectivity index (χ0v) is 6.87. The van der Waals surface area contributed by atoms with Gasteiger partial charge < -0.3 is 15.0 Å². The van der Waals surface area contributed by atoms with Gasteiger partial charge in [-0.15, -0.1) is 0 Å². The van der Waals surface area contributed by atoms with Gasteiger partial charge >= 0.3 is 0 Å². The maximum Gasteiger partial charge on any atom is 0.200 e. The molecule has 0 amide bonds. The van der Waals surface area contributed by atoms with Gasteiger partial charge in [-0.25, -0.2) is 4.98 Å². The molecule has 4 heteroatoms. The number of hydrogen-bond acceptors (Lipinski definition) is 3. The molecule has 62 valence electrons. The van der Waals surface area contributed by atoms with E-state index in [1.54, 1.807) is 6.20 Å². The average molecular weight is 155 g/mol. The van der Waals surface area contributed by atoms with Gasteiger partial charge in [0.1, 0.15) is 0 Å². The molecule has 11 heavy (non-hydrogen) atoms. The van der Waals surface area contributed by atoms with E-state index < -0.39 is 0 Å². The molecule has 1 heterocycles. The van der Waals surface area contributed by atoms with E-state index in [0.29, 0.717) is 19.2 Å². The van der Waals surface area contributed by atoms with E-state index in [1.165, 1.54) is 0 Å². The average Bonchev–Trinajstić information content (AvgIpc) is 2.31. The van der Waals surface area contributed by atoms with E-state index >= 15 is 0 Å². The van der Waals surface area contributed by atoms with Gasteiger partial charge in [-0.05, 0) is 6.92 Å².